The number of carbonyl (C=O) groups excluding carboxylic acids is 1. The van der Waals surface area contributed by atoms with Crippen molar-refractivity contribution >= 4 is 22.8 Å². The summed E-state index contributed by atoms with van der Waals surface area (Å²) in [6.07, 6.45) is 1.79. The van der Waals surface area contributed by atoms with Crippen molar-refractivity contribution in [3.05, 3.63) is 12.4 Å². The number of benzene rings is 1. The van der Waals surface area contributed by atoms with Crippen LogP contribution in [0.2, 0.25) is 0 Å². The van der Waals surface area contributed by atoms with E-state index in [-0.39, 0.29) is 18.2 Å². The number of amides is 1. The van der Waals surface area contributed by atoms with E-state index in [1.807, 2.05) is 6.07 Å². The van der Waals surface area contributed by atoms with Crippen molar-refractivity contribution in [1.82, 2.24) is 15.3 Å². The van der Waals surface area contributed by atoms with E-state index in [2.05, 4.69) is 20.2 Å². The van der Waals surface area contributed by atoms with Gasteiger partial charge in [-0.15, -0.1) is 0 Å². The van der Waals surface area contributed by atoms with Gasteiger partial charge < -0.3 is 29.2 Å². The van der Waals surface area contributed by atoms with Crippen molar-refractivity contribution in [1.29, 1.82) is 0 Å². The Morgan fingerprint density at radius 2 is 2.00 bits per heavy atom. The number of anilines is 1. The number of hydrogen-bond acceptors (Lipinski definition) is 8. The lowest BCUT2D eigenvalue weighted by Crippen LogP contribution is -2.49. The Kier molecular flexibility index (Phi) is 4.06. The van der Waals surface area contributed by atoms with Gasteiger partial charge in [0.15, 0.2) is 11.5 Å². The van der Waals surface area contributed by atoms with Crippen LogP contribution in [0.3, 0.4) is 0 Å². The lowest BCUT2D eigenvalue weighted by atomic mass is 10.0. The molecule has 138 valence electrons. The molecular formula is C17H20N4O5. The number of alkyl carbamates (subject to hydrolysis) is 1. The molecule has 3 heterocycles. The van der Waals surface area contributed by atoms with Crippen LogP contribution >= 0.6 is 0 Å². The molecular weight excluding hydrogens is 340 g/mol. The summed E-state index contributed by atoms with van der Waals surface area (Å²) in [5, 5.41) is 3.65. The number of nitrogens with zero attached hydrogens (tertiary/aromatic N) is 3. The minimum atomic E-state index is -0.359. The summed E-state index contributed by atoms with van der Waals surface area (Å²) in [6, 6.07) is 1.80. The third-order valence-corrected chi connectivity index (χ3v) is 4.82. The predicted octanol–water partition coefficient (Wildman–Crippen LogP) is 1.34. The molecule has 0 unspecified atom stereocenters. The van der Waals surface area contributed by atoms with Gasteiger partial charge in [0.25, 0.3) is 0 Å². The van der Waals surface area contributed by atoms with Crippen molar-refractivity contribution in [2.75, 3.05) is 39.3 Å². The summed E-state index contributed by atoms with van der Waals surface area (Å²) in [6.45, 7) is 1.33. The maximum absolute atomic E-state index is 11.5. The molecule has 0 spiro atoms. The first-order chi connectivity index (χ1) is 12.7. The molecule has 2 atom stereocenters. The van der Waals surface area contributed by atoms with E-state index in [0.29, 0.717) is 29.3 Å². The molecule has 0 aliphatic carbocycles. The van der Waals surface area contributed by atoms with Gasteiger partial charge in [-0.05, 0) is 6.07 Å². The van der Waals surface area contributed by atoms with Crippen LogP contribution in [-0.4, -0.2) is 62.6 Å². The zero-order valence-electron chi connectivity index (χ0n) is 14.8. The Morgan fingerprint density at radius 3 is 2.73 bits per heavy atom. The number of fused-ring (bicyclic) bond motifs is 2. The molecule has 4 rings (SSSR count). The number of aromatic nitrogens is 2. The highest BCUT2D eigenvalue weighted by Crippen LogP contribution is 2.44. The zero-order chi connectivity index (χ0) is 18.3. The first kappa shape index (κ1) is 16.5. The molecule has 2 aliphatic rings. The zero-order valence-corrected chi connectivity index (χ0v) is 14.8. The highest BCUT2D eigenvalue weighted by Gasteiger charge is 2.39. The van der Waals surface area contributed by atoms with Gasteiger partial charge in [-0.3, -0.25) is 0 Å². The highest BCUT2D eigenvalue weighted by molar-refractivity contribution is 5.97. The van der Waals surface area contributed by atoms with Crippen molar-refractivity contribution in [3.63, 3.8) is 0 Å². The van der Waals surface area contributed by atoms with Gasteiger partial charge in [0.05, 0.1) is 32.8 Å². The summed E-state index contributed by atoms with van der Waals surface area (Å²) < 4.78 is 21.7. The van der Waals surface area contributed by atoms with Gasteiger partial charge in [0.1, 0.15) is 23.8 Å². The average molecular weight is 360 g/mol. The van der Waals surface area contributed by atoms with Crippen molar-refractivity contribution in [2.45, 2.75) is 18.6 Å². The van der Waals surface area contributed by atoms with Crippen LogP contribution in [0, 0.1) is 0 Å². The quantitative estimate of drug-likeness (QED) is 0.873. The fraction of sp³-hybridized carbons (Fsp3) is 0.471. The summed E-state index contributed by atoms with van der Waals surface area (Å²) in [4.78, 5) is 22.5. The van der Waals surface area contributed by atoms with Gasteiger partial charge in [0.2, 0.25) is 5.75 Å². The molecule has 1 N–H and O–H groups in total. The van der Waals surface area contributed by atoms with Crippen LogP contribution in [-0.2, 0) is 4.74 Å². The van der Waals surface area contributed by atoms with Crippen LogP contribution in [0.5, 0.6) is 17.2 Å². The maximum Gasteiger partial charge on any atom is 0.407 e. The smallest absolute Gasteiger partial charge is 0.407 e. The topological polar surface area (TPSA) is 95.0 Å². The lowest BCUT2D eigenvalue weighted by molar-refractivity contribution is 0.121. The summed E-state index contributed by atoms with van der Waals surface area (Å²) >= 11 is 0. The van der Waals surface area contributed by atoms with Crippen molar-refractivity contribution in [2.24, 2.45) is 0 Å². The van der Waals surface area contributed by atoms with Gasteiger partial charge in [-0.1, -0.05) is 0 Å². The predicted molar refractivity (Wildman–Crippen MR) is 93.2 cm³/mol. The molecule has 1 amide bonds. The molecule has 0 radical (unpaired) electrons. The van der Waals surface area contributed by atoms with Crippen LogP contribution in [0.15, 0.2) is 12.4 Å². The monoisotopic (exact) mass is 360 g/mol. The normalized spacial score (nSPS) is 21.8. The van der Waals surface area contributed by atoms with E-state index in [4.69, 9.17) is 18.9 Å². The van der Waals surface area contributed by atoms with E-state index < -0.39 is 0 Å². The Labute approximate surface area is 150 Å². The first-order valence-corrected chi connectivity index (χ1v) is 8.32. The molecule has 2 aromatic rings. The third kappa shape index (κ3) is 2.51. The lowest BCUT2D eigenvalue weighted by Gasteiger charge is -2.34. The van der Waals surface area contributed by atoms with E-state index in [0.717, 1.165) is 24.2 Å². The Morgan fingerprint density at radius 1 is 1.19 bits per heavy atom. The standard InChI is InChI=1S/C17H20N4O5/c1-23-12-6-9-13(15(25-3)14(12)24-2)18-8-19-16(9)21-5-4-11-10(7-21)20-17(22)26-11/h6,8,10-11H,4-5,7H2,1-3H3,(H,20,22)/t10-,11+/m1/s1. The number of hydrogen-bond donors (Lipinski definition) is 1. The summed E-state index contributed by atoms with van der Waals surface area (Å²) in [5.74, 6) is 2.29. The summed E-state index contributed by atoms with van der Waals surface area (Å²) in [5.41, 5.74) is 0.643. The van der Waals surface area contributed by atoms with E-state index in [9.17, 15) is 4.79 Å². The molecule has 26 heavy (non-hydrogen) atoms. The highest BCUT2D eigenvalue weighted by atomic mass is 16.6. The Hall–Kier alpha value is -2.97. The van der Waals surface area contributed by atoms with Crippen LogP contribution in [0.1, 0.15) is 6.42 Å². The fourth-order valence-corrected chi connectivity index (χ4v) is 3.63. The molecule has 1 aromatic carbocycles. The minimum Gasteiger partial charge on any atom is -0.493 e. The second-order valence-corrected chi connectivity index (χ2v) is 6.17. The Balaban J connectivity index is 1.80. The van der Waals surface area contributed by atoms with E-state index in [1.54, 1.807) is 21.3 Å². The summed E-state index contributed by atoms with van der Waals surface area (Å²) in [7, 11) is 4.70. The molecule has 2 saturated heterocycles. The maximum atomic E-state index is 11.5. The number of methoxy groups -OCH3 is 3. The van der Waals surface area contributed by atoms with Crippen molar-refractivity contribution in [3.8, 4) is 17.2 Å². The number of carbonyl (C=O) groups is 1. The van der Waals surface area contributed by atoms with Gasteiger partial charge in [0, 0.05) is 19.5 Å². The molecule has 9 nitrogen and oxygen atoms in total. The molecule has 2 aliphatic heterocycles. The Bertz CT molecular complexity index is 859. The van der Waals surface area contributed by atoms with E-state index >= 15 is 0 Å². The number of rotatable bonds is 4. The van der Waals surface area contributed by atoms with Gasteiger partial charge in [-0.25, -0.2) is 14.8 Å². The largest absolute Gasteiger partial charge is 0.493 e. The van der Waals surface area contributed by atoms with E-state index in [1.165, 1.54) is 6.33 Å². The van der Waals surface area contributed by atoms with Gasteiger partial charge in [-0.2, -0.15) is 0 Å². The molecule has 1 aromatic heterocycles. The van der Waals surface area contributed by atoms with Crippen LogP contribution < -0.4 is 24.4 Å². The average Bonchev–Trinajstić information content (AvgIpc) is 3.04. The van der Waals surface area contributed by atoms with Crippen molar-refractivity contribution < 1.29 is 23.7 Å². The van der Waals surface area contributed by atoms with Crippen LogP contribution in [0.25, 0.3) is 10.9 Å². The molecule has 2 fully saturated rings. The number of piperidine rings is 1. The third-order valence-electron chi connectivity index (χ3n) is 4.82. The molecule has 0 saturated carbocycles. The second-order valence-electron chi connectivity index (χ2n) is 6.17. The minimum absolute atomic E-state index is 0.0525. The fourth-order valence-electron chi connectivity index (χ4n) is 3.63. The number of nitrogens with one attached hydrogen (secondary N) is 1. The second kappa shape index (κ2) is 6.40. The molecule has 0 bridgehead atoms. The van der Waals surface area contributed by atoms with Gasteiger partial charge >= 0.3 is 6.09 Å². The first-order valence-electron chi connectivity index (χ1n) is 8.32. The SMILES string of the molecule is COc1cc2c(N3CC[C@@H]4OC(=O)N[C@@H]4C3)ncnc2c(OC)c1OC. The molecule has 9 heteroatoms. The van der Waals surface area contributed by atoms with Crippen LogP contribution in [0.4, 0.5) is 10.6 Å². The number of ether oxygens (including phenoxy) is 4.